The van der Waals surface area contributed by atoms with Crippen molar-refractivity contribution in [2.45, 2.75) is 0 Å². The van der Waals surface area contributed by atoms with Crippen molar-refractivity contribution in [3.63, 3.8) is 0 Å². The van der Waals surface area contributed by atoms with E-state index in [4.69, 9.17) is 9.47 Å². The van der Waals surface area contributed by atoms with Gasteiger partial charge in [-0.3, -0.25) is 25.2 Å². The number of aromatic nitrogens is 1. The van der Waals surface area contributed by atoms with E-state index in [1.807, 2.05) is 0 Å². The van der Waals surface area contributed by atoms with Crippen molar-refractivity contribution in [2.24, 2.45) is 10.1 Å². The van der Waals surface area contributed by atoms with Gasteiger partial charge in [-0.25, -0.2) is 4.68 Å². The van der Waals surface area contributed by atoms with E-state index in [2.05, 4.69) is 16.7 Å². The van der Waals surface area contributed by atoms with Gasteiger partial charge < -0.3 is 9.47 Å². The summed E-state index contributed by atoms with van der Waals surface area (Å²) in [7, 11) is 0. The minimum atomic E-state index is -0.526. The molecule has 1 aromatic heterocycles. The topological polar surface area (TPSA) is 134 Å². The first-order valence-electron chi connectivity index (χ1n) is 9.17. The molecule has 0 unspecified atom stereocenters. The minimum Gasteiger partial charge on any atom is -0.454 e. The molecule has 162 valence electrons. The van der Waals surface area contributed by atoms with Crippen molar-refractivity contribution < 1.29 is 19.3 Å². The summed E-state index contributed by atoms with van der Waals surface area (Å²) in [4.78, 5) is 26.4. The summed E-state index contributed by atoms with van der Waals surface area (Å²) in [5.41, 5.74) is 1.29. The van der Waals surface area contributed by atoms with E-state index >= 15 is 0 Å². The maximum atomic E-state index is 11.5. The van der Waals surface area contributed by atoms with Crippen molar-refractivity contribution in [1.29, 1.82) is 0 Å². The summed E-state index contributed by atoms with van der Waals surface area (Å²) in [6.07, 6.45) is 2.97. The van der Waals surface area contributed by atoms with Gasteiger partial charge in [0, 0.05) is 23.1 Å². The van der Waals surface area contributed by atoms with E-state index in [0.29, 0.717) is 34.1 Å². The average Bonchev–Trinajstić information content (AvgIpc) is 3.41. The second-order valence-corrected chi connectivity index (χ2v) is 7.25. The molecular formula is C20H15N5O6S. The molecule has 0 amide bonds. The molecule has 11 nitrogen and oxygen atoms in total. The predicted octanol–water partition coefficient (Wildman–Crippen LogP) is 3.73. The van der Waals surface area contributed by atoms with Crippen molar-refractivity contribution in [1.82, 2.24) is 4.68 Å². The Kier molecular flexibility index (Phi) is 5.77. The maximum Gasteiger partial charge on any atom is 0.282 e. The van der Waals surface area contributed by atoms with Gasteiger partial charge in [-0.2, -0.15) is 5.10 Å². The molecule has 12 heteroatoms. The molecule has 0 saturated carbocycles. The molecule has 2 aromatic carbocycles. The lowest BCUT2D eigenvalue weighted by atomic mass is 10.1. The van der Waals surface area contributed by atoms with E-state index in [-0.39, 0.29) is 23.7 Å². The van der Waals surface area contributed by atoms with Crippen LogP contribution in [0.2, 0.25) is 0 Å². The number of benzene rings is 2. The lowest BCUT2D eigenvalue weighted by Crippen LogP contribution is -2.12. The van der Waals surface area contributed by atoms with Crippen molar-refractivity contribution in [2.75, 3.05) is 13.3 Å². The molecule has 0 spiro atoms. The van der Waals surface area contributed by atoms with Crippen molar-refractivity contribution in [3.05, 3.63) is 85.0 Å². The summed E-state index contributed by atoms with van der Waals surface area (Å²) in [5.74, 6) is 0.685. The number of nitro groups is 2. The van der Waals surface area contributed by atoms with Gasteiger partial charge in [0.1, 0.15) is 0 Å². The van der Waals surface area contributed by atoms with E-state index in [0.717, 1.165) is 0 Å². The fourth-order valence-corrected chi connectivity index (χ4v) is 3.79. The number of non-ortho nitro benzene ring substituents is 1. The highest BCUT2D eigenvalue weighted by Crippen LogP contribution is 2.37. The van der Waals surface area contributed by atoms with E-state index < -0.39 is 9.85 Å². The van der Waals surface area contributed by atoms with Crippen LogP contribution in [-0.4, -0.2) is 34.1 Å². The minimum absolute atomic E-state index is 0.0127. The summed E-state index contributed by atoms with van der Waals surface area (Å²) in [5, 5.41) is 28.7. The van der Waals surface area contributed by atoms with Crippen LogP contribution < -0.4 is 14.3 Å². The molecule has 3 aromatic rings. The van der Waals surface area contributed by atoms with Gasteiger partial charge in [0.15, 0.2) is 11.5 Å². The van der Waals surface area contributed by atoms with Crippen LogP contribution in [0.3, 0.4) is 0 Å². The number of hydrogen-bond acceptors (Lipinski definition) is 9. The number of hydrogen-bond donors (Lipinski definition) is 0. The zero-order chi connectivity index (χ0) is 22.7. The van der Waals surface area contributed by atoms with Crippen molar-refractivity contribution in [3.8, 4) is 22.8 Å². The van der Waals surface area contributed by atoms with Crippen LogP contribution in [0.25, 0.3) is 11.3 Å². The Balaban J connectivity index is 1.80. The summed E-state index contributed by atoms with van der Waals surface area (Å²) in [6, 6.07) is 8.78. The van der Waals surface area contributed by atoms with Gasteiger partial charge >= 0.3 is 0 Å². The third-order valence-corrected chi connectivity index (χ3v) is 5.30. The molecular weight excluding hydrogens is 438 g/mol. The highest BCUT2D eigenvalue weighted by atomic mass is 32.1. The van der Waals surface area contributed by atoms with Gasteiger partial charge in [0.25, 0.3) is 11.4 Å². The predicted molar refractivity (Wildman–Crippen MR) is 117 cm³/mol. The molecule has 0 saturated heterocycles. The Morgan fingerprint density at radius 2 is 1.84 bits per heavy atom. The second-order valence-electron chi connectivity index (χ2n) is 6.41. The van der Waals surface area contributed by atoms with Crippen LogP contribution >= 0.6 is 11.3 Å². The highest BCUT2D eigenvalue weighted by Gasteiger charge is 2.22. The Bertz CT molecular complexity index is 1310. The first-order chi connectivity index (χ1) is 15.5. The Morgan fingerprint density at radius 3 is 2.50 bits per heavy atom. The Morgan fingerprint density at radius 1 is 1.12 bits per heavy atom. The van der Waals surface area contributed by atoms with Gasteiger partial charge in [0.2, 0.25) is 11.6 Å². The van der Waals surface area contributed by atoms with Crippen LogP contribution in [-0.2, 0) is 0 Å². The van der Waals surface area contributed by atoms with Gasteiger partial charge in [-0.05, 0) is 18.2 Å². The molecule has 32 heavy (non-hydrogen) atoms. The second kappa shape index (κ2) is 8.81. The summed E-state index contributed by atoms with van der Waals surface area (Å²) < 4.78 is 12.0. The van der Waals surface area contributed by atoms with E-state index in [9.17, 15) is 20.2 Å². The third-order valence-electron chi connectivity index (χ3n) is 4.45. The summed E-state index contributed by atoms with van der Waals surface area (Å²) in [6.45, 7) is 3.99. The number of nitrogens with zero attached hydrogens (tertiary/aromatic N) is 5. The van der Waals surface area contributed by atoms with Crippen LogP contribution in [0.4, 0.5) is 11.4 Å². The first kappa shape index (κ1) is 20.9. The van der Waals surface area contributed by atoms with Gasteiger partial charge in [-0.1, -0.05) is 6.08 Å². The largest absolute Gasteiger partial charge is 0.454 e. The molecule has 0 fully saturated rings. The molecule has 0 aliphatic carbocycles. The molecule has 0 radical (unpaired) electrons. The molecule has 0 N–H and O–H groups in total. The molecule has 0 bridgehead atoms. The zero-order valence-electron chi connectivity index (χ0n) is 16.4. The number of thiazole rings is 1. The smallest absolute Gasteiger partial charge is 0.282 e. The van der Waals surface area contributed by atoms with Crippen molar-refractivity contribution >= 4 is 28.9 Å². The lowest BCUT2D eigenvalue weighted by Gasteiger charge is -2.04. The summed E-state index contributed by atoms with van der Waals surface area (Å²) >= 11 is 1.31. The standard InChI is InChI=1S/C20H15N5O6S/c1-2-7-21-20-23(17(11-32-20)13-3-5-15(6-4-13)24(26)27)22-10-14-8-18-19(31-12-30-18)9-16(14)25(28)29/h2-6,8-11H,1,7,12H2. The monoisotopic (exact) mass is 453 g/mol. The average molecular weight is 453 g/mol. The van der Waals surface area contributed by atoms with Crippen LogP contribution in [0.15, 0.2) is 64.5 Å². The number of fused-ring (bicyclic) bond motifs is 1. The Hall–Kier alpha value is -4.32. The number of ether oxygens (including phenoxy) is 2. The fourth-order valence-electron chi connectivity index (χ4n) is 2.94. The Labute approximate surface area is 184 Å². The number of nitro benzene ring substituents is 2. The molecule has 4 rings (SSSR count). The van der Waals surface area contributed by atoms with Gasteiger partial charge in [0.05, 0.1) is 39.9 Å². The fraction of sp³-hybridized carbons (Fsp3) is 0.100. The lowest BCUT2D eigenvalue weighted by molar-refractivity contribution is -0.385. The maximum absolute atomic E-state index is 11.5. The third kappa shape index (κ3) is 4.11. The van der Waals surface area contributed by atoms with Crippen LogP contribution in [0, 0.1) is 20.2 Å². The quantitative estimate of drug-likeness (QED) is 0.232. The molecule has 1 aliphatic heterocycles. The first-order valence-corrected chi connectivity index (χ1v) is 10.0. The SMILES string of the molecule is C=CCN=c1scc(-c2ccc([N+](=O)[O-])cc2)n1N=Cc1cc2c(cc1[N+](=O)[O-])OCO2. The van der Waals surface area contributed by atoms with Crippen LogP contribution in [0.5, 0.6) is 11.5 Å². The number of rotatable bonds is 7. The molecule has 2 heterocycles. The zero-order valence-corrected chi connectivity index (χ0v) is 17.2. The van der Waals surface area contributed by atoms with E-state index in [1.165, 1.54) is 46.5 Å². The highest BCUT2D eigenvalue weighted by molar-refractivity contribution is 7.07. The molecule has 0 atom stereocenters. The molecule has 1 aliphatic rings. The normalized spacial score (nSPS) is 12.9. The van der Waals surface area contributed by atoms with Crippen LogP contribution in [0.1, 0.15) is 5.56 Å². The van der Waals surface area contributed by atoms with Gasteiger partial charge in [-0.15, -0.1) is 17.9 Å². The van der Waals surface area contributed by atoms with E-state index in [1.54, 1.807) is 23.6 Å².